The maximum atomic E-state index is 11.7. The normalized spacial score (nSPS) is 13.7. The third-order valence-electron chi connectivity index (χ3n) is 2.80. The number of hydrogen-bond donors (Lipinski definition) is 1. The Hall–Kier alpha value is -2.13. The fourth-order valence-electron chi connectivity index (χ4n) is 1.91. The fraction of sp³-hybridized carbons (Fsp3) is 0.231. The molecule has 0 unspecified atom stereocenters. The molecule has 0 atom stereocenters. The largest absolute Gasteiger partial charge is 0.486 e. The summed E-state index contributed by atoms with van der Waals surface area (Å²) in [5.41, 5.74) is 0.827. The van der Waals surface area contributed by atoms with Crippen LogP contribution in [0.3, 0.4) is 0 Å². The highest BCUT2D eigenvalue weighted by molar-refractivity contribution is 7.89. The molecule has 0 saturated carbocycles. The Morgan fingerprint density at radius 2 is 2.00 bits per heavy atom. The van der Waals surface area contributed by atoms with E-state index >= 15 is 0 Å². The van der Waals surface area contributed by atoms with Gasteiger partial charge in [-0.3, -0.25) is 4.79 Å². The summed E-state index contributed by atoms with van der Waals surface area (Å²) < 4.78 is 35.0. The first-order valence-corrected chi connectivity index (χ1v) is 9.07. The molecule has 0 bridgehead atoms. The van der Waals surface area contributed by atoms with E-state index in [0.717, 1.165) is 11.8 Å². The van der Waals surface area contributed by atoms with Crippen molar-refractivity contribution < 1.29 is 22.7 Å². The van der Waals surface area contributed by atoms with E-state index in [-0.39, 0.29) is 5.69 Å². The number of amides is 1. The first kappa shape index (κ1) is 14.8. The lowest BCUT2D eigenvalue weighted by atomic mass is 10.2. The first-order chi connectivity index (χ1) is 10.4. The van der Waals surface area contributed by atoms with Crippen LogP contribution in [-0.2, 0) is 10.0 Å². The number of carbonyl (C=O) groups is 1. The van der Waals surface area contributed by atoms with Crippen LogP contribution < -0.4 is 14.2 Å². The molecule has 2 aromatic rings. The molecular formula is C13H12N2O5S2. The zero-order valence-electron chi connectivity index (χ0n) is 11.5. The van der Waals surface area contributed by atoms with Gasteiger partial charge in [0.15, 0.2) is 11.5 Å². The maximum absolute atomic E-state index is 11.7. The summed E-state index contributed by atoms with van der Waals surface area (Å²) in [4.78, 5) is 15.9. The molecule has 1 aliphatic heterocycles. The number of fused-ring (bicyclic) bond motifs is 1. The number of hydrogen-bond acceptors (Lipinski definition) is 7. The molecule has 7 nitrogen and oxygen atoms in total. The van der Waals surface area contributed by atoms with Gasteiger partial charge < -0.3 is 9.47 Å². The van der Waals surface area contributed by atoms with E-state index in [0.29, 0.717) is 29.7 Å². The molecule has 1 aliphatic rings. The minimum absolute atomic E-state index is 0.0558. The molecule has 0 radical (unpaired) electrons. The van der Waals surface area contributed by atoms with E-state index in [9.17, 15) is 13.2 Å². The zero-order valence-corrected chi connectivity index (χ0v) is 13.2. The maximum Gasteiger partial charge on any atom is 0.284 e. The van der Waals surface area contributed by atoms with Crippen LogP contribution in [0.5, 0.6) is 11.5 Å². The number of thiazole rings is 1. The minimum Gasteiger partial charge on any atom is -0.486 e. The van der Waals surface area contributed by atoms with Gasteiger partial charge in [-0.15, -0.1) is 11.3 Å². The highest BCUT2D eigenvalue weighted by atomic mass is 32.2. The third kappa shape index (κ3) is 3.20. The van der Waals surface area contributed by atoms with E-state index in [1.165, 1.54) is 16.7 Å². The number of sulfonamides is 1. The van der Waals surface area contributed by atoms with E-state index < -0.39 is 15.9 Å². The smallest absolute Gasteiger partial charge is 0.284 e. The third-order valence-corrected chi connectivity index (χ3v) is 4.25. The molecule has 2 heterocycles. The SMILES string of the molecule is CS(=O)(=O)NC(=O)c1csc(-c2ccc3c(c2)OCCO3)n1. The highest BCUT2D eigenvalue weighted by Gasteiger charge is 2.17. The van der Waals surface area contributed by atoms with Crippen molar-refractivity contribution in [3.8, 4) is 22.1 Å². The van der Waals surface area contributed by atoms with Gasteiger partial charge in [0.2, 0.25) is 10.0 Å². The number of nitrogens with one attached hydrogen (secondary N) is 1. The van der Waals surface area contributed by atoms with E-state index in [1.807, 2.05) is 10.8 Å². The number of carbonyl (C=O) groups excluding carboxylic acids is 1. The van der Waals surface area contributed by atoms with Gasteiger partial charge in [-0.1, -0.05) is 0 Å². The average Bonchev–Trinajstić information content (AvgIpc) is 2.95. The van der Waals surface area contributed by atoms with Gasteiger partial charge in [0.1, 0.15) is 23.9 Å². The van der Waals surface area contributed by atoms with Crippen LogP contribution in [0.4, 0.5) is 0 Å². The fourth-order valence-corrected chi connectivity index (χ4v) is 3.15. The Morgan fingerprint density at radius 3 is 2.73 bits per heavy atom. The van der Waals surface area contributed by atoms with Crippen LogP contribution in [0.15, 0.2) is 23.6 Å². The van der Waals surface area contributed by atoms with Gasteiger partial charge >= 0.3 is 0 Å². The van der Waals surface area contributed by atoms with Crippen LogP contribution in [0, 0.1) is 0 Å². The number of nitrogens with zero attached hydrogens (tertiary/aromatic N) is 1. The lowest BCUT2D eigenvalue weighted by molar-refractivity contribution is 0.0977. The van der Waals surface area contributed by atoms with Crippen molar-refractivity contribution in [2.24, 2.45) is 0 Å². The molecule has 1 amide bonds. The van der Waals surface area contributed by atoms with Crippen LogP contribution >= 0.6 is 11.3 Å². The molecule has 1 aromatic heterocycles. The summed E-state index contributed by atoms with van der Waals surface area (Å²) in [6.45, 7) is 0.996. The summed E-state index contributed by atoms with van der Waals surface area (Å²) in [5.74, 6) is 0.547. The van der Waals surface area contributed by atoms with Gasteiger partial charge in [0, 0.05) is 10.9 Å². The Morgan fingerprint density at radius 1 is 1.27 bits per heavy atom. The van der Waals surface area contributed by atoms with E-state index in [4.69, 9.17) is 9.47 Å². The van der Waals surface area contributed by atoms with Crippen LogP contribution in [0.2, 0.25) is 0 Å². The monoisotopic (exact) mass is 340 g/mol. The van der Waals surface area contributed by atoms with Gasteiger partial charge in [-0.2, -0.15) is 0 Å². The van der Waals surface area contributed by atoms with Crippen molar-refractivity contribution in [1.29, 1.82) is 0 Å². The van der Waals surface area contributed by atoms with Crippen molar-refractivity contribution in [3.63, 3.8) is 0 Å². The Bertz CT molecular complexity index is 829. The molecular weight excluding hydrogens is 328 g/mol. The van der Waals surface area contributed by atoms with Crippen molar-refractivity contribution >= 4 is 27.3 Å². The number of benzene rings is 1. The second kappa shape index (κ2) is 5.58. The first-order valence-electron chi connectivity index (χ1n) is 6.30. The summed E-state index contributed by atoms with van der Waals surface area (Å²) in [5, 5.41) is 2.10. The van der Waals surface area contributed by atoms with Gasteiger partial charge in [0.05, 0.1) is 6.26 Å². The zero-order chi connectivity index (χ0) is 15.7. The van der Waals surface area contributed by atoms with Gasteiger partial charge in [-0.25, -0.2) is 18.1 Å². The van der Waals surface area contributed by atoms with Gasteiger partial charge in [-0.05, 0) is 18.2 Å². The molecule has 3 rings (SSSR count). The number of aromatic nitrogens is 1. The molecule has 22 heavy (non-hydrogen) atoms. The predicted octanol–water partition coefficient (Wildman–Crippen LogP) is 1.27. The molecule has 9 heteroatoms. The lowest BCUT2D eigenvalue weighted by Gasteiger charge is -2.18. The molecule has 116 valence electrons. The highest BCUT2D eigenvalue weighted by Crippen LogP contribution is 2.35. The molecule has 0 fully saturated rings. The number of rotatable bonds is 3. The van der Waals surface area contributed by atoms with E-state index in [2.05, 4.69) is 4.98 Å². The quantitative estimate of drug-likeness (QED) is 0.904. The summed E-state index contributed by atoms with van der Waals surface area (Å²) in [7, 11) is -3.61. The number of ether oxygens (including phenoxy) is 2. The summed E-state index contributed by atoms with van der Waals surface area (Å²) >= 11 is 1.24. The summed E-state index contributed by atoms with van der Waals surface area (Å²) in [6.07, 6.45) is 0.916. The van der Waals surface area contributed by atoms with Gasteiger partial charge in [0.25, 0.3) is 5.91 Å². The topological polar surface area (TPSA) is 94.6 Å². The molecule has 0 saturated heterocycles. The average molecular weight is 340 g/mol. The second-order valence-corrected chi connectivity index (χ2v) is 7.21. The van der Waals surface area contributed by atoms with Crippen molar-refractivity contribution in [2.45, 2.75) is 0 Å². The Labute approximate surface area is 131 Å². The van der Waals surface area contributed by atoms with Crippen LogP contribution in [-0.4, -0.2) is 38.8 Å². The molecule has 1 aromatic carbocycles. The lowest BCUT2D eigenvalue weighted by Crippen LogP contribution is -2.29. The van der Waals surface area contributed by atoms with E-state index in [1.54, 1.807) is 12.1 Å². The minimum atomic E-state index is -3.61. The van der Waals surface area contributed by atoms with Crippen molar-refractivity contribution in [1.82, 2.24) is 9.71 Å². The van der Waals surface area contributed by atoms with Crippen molar-refractivity contribution in [2.75, 3.05) is 19.5 Å². The standard InChI is InChI=1S/C13H12N2O5S2/c1-22(17,18)15-12(16)9-7-21-13(14-9)8-2-3-10-11(6-8)20-5-4-19-10/h2-3,6-7H,4-5H2,1H3,(H,15,16). The molecule has 0 spiro atoms. The van der Waals surface area contributed by atoms with Crippen LogP contribution in [0.1, 0.15) is 10.5 Å². The van der Waals surface area contributed by atoms with Crippen molar-refractivity contribution in [3.05, 3.63) is 29.3 Å². The Kier molecular flexibility index (Phi) is 3.75. The predicted molar refractivity (Wildman–Crippen MR) is 80.9 cm³/mol. The summed E-state index contributed by atoms with van der Waals surface area (Å²) in [6, 6.07) is 5.37. The molecule has 1 N–H and O–H groups in total. The Balaban J connectivity index is 1.86. The molecule has 0 aliphatic carbocycles. The van der Waals surface area contributed by atoms with Crippen LogP contribution in [0.25, 0.3) is 10.6 Å². The second-order valence-electron chi connectivity index (χ2n) is 4.60.